The zero-order valence-electron chi connectivity index (χ0n) is 14.7. The Bertz CT molecular complexity index is 937. The summed E-state index contributed by atoms with van der Waals surface area (Å²) >= 11 is 12.4. The molecule has 0 saturated carbocycles. The van der Waals surface area contributed by atoms with Crippen molar-refractivity contribution in [2.24, 2.45) is 5.92 Å². The van der Waals surface area contributed by atoms with Gasteiger partial charge in [-0.25, -0.2) is 12.7 Å². The topological polar surface area (TPSA) is 84.3 Å². The first-order chi connectivity index (χ1) is 12.7. The minimum Gasteiger partial charge on any atom is -0.308 e. The Kier molecular flexibility index (Phi) is 6.10. The number of nitrogens with zero attached hydrogens (tertiary/aromatic N) is 3. The summed E-state index contributed by atoms with van der Waals surface area (Å²) in [5, 5.41) is 8.04. The number of rotatable bonds is 5. The molecule has 0 spiro atoms. The normalized spacial score (nSPS) is 16.4. The van der Waals surface area contributed by atoms with Crippen LogP contribution in [0.25, 0.3) is 0 Å². The molecule has 0 bridgehead atoms. The molecule has 1 aliphatic rings. The molecule has 1 amide bonds. The summed E-state index contributed by atoms with van der Waals surface area (Å²) in [7, 11) is -3.22. The van der Waals surface area contributed by atoms with Crippen LogP contribution in [-0.2, 0) is 21.4 Å². The summed E-state index contributed by atoms with van der Waals surface area (Å²) in [4.78, 5) is 12.5. The van der Waals surface area contributed by atoms with Crippen LogP contribution in [0.2, 0.25) is 10.0 Å². The van der Waals surface area contributed by atoms with Crippen molar-refractivity contribution in [3.05, 3.63) is 46.1 Å². The Hall–Kier alpha value is -1.61. The number of carbonyl (C=O) groups excluding carboxylic acids is 1. The summed E-state index contributed by atoms with van der Waals surface area (Å²) in [6.07, 6.45) is 3.75. The first-order valence-electron chi connectivity index (χ1n) is 8.46. The maximum atomic E-state index is 12.5. The van der Waals surface area contributed by atoms with E-state index in [1.807, 2.05) is 18.2 Å². The third kappa shape index (κ3) is 5.01. The maximum absolute atomic E-state index is 12.5. The number of hydrogen-bond acceptors (Lipinski definition) is 4. The lowest BCUT2D eigenvalue weighted by Crippen LogP contribution is -2.40. The molecule has 2 aromatic rings. The van der Waals surface area contributed by atoms with E-state index in [1.54, 1.807) is 16.9 Å². The molecule has 7 nitrogen and oxygen atoms in total. The Morgan fingerprint density at radius 2 is 1.89 bits per heavy atom. The molecule has 1 aliphatic heterocycles. The fourth-order valence-corrected chi connectivity index (χ4v) is 4.30. The molecule has 2 heterocycles. The minimum absolute atomic E-state index is 0.201. The van der Waals surface area contributed by atoms with Crippen LogP contribution in [0, 0.1) is 5.92 Å². The molecule has 10 heteroatoms. The summed E-state index contributed by atoms with van der Waals surface area (Å²) in [5.74, 6) is -0.180. The van der Waals surface area contributed by atoms with E-state index in [0.29, 0.717) is 48.3 Å². The van der Waals surface area contributed by atoms with Gasteiger partial charge in [-0.3, -0.25) is 9.48 Å². The van der Waals surface area contributed by atoms with Crippen molar-refractivity contribution in [3.63, 3.8) is 0 Å². The number of halogens is 2. The second-order valence-electron chi connectivity index (χ2n) is 6.54. The average molecular weight is 431 g/mol. The SMILES string of the molecule is CS(=O)(=O)N1CCC(C(=O)Nc2nn(Cc3ccccc3Cl)cc2Cl)CC1. The van der Waals surface area contributed by atoms with Gasteiger partial charge >= 0.3 is 0 Å². The maximum Gasteiger partial charge on any atom is 0.228 e. The molecule has 0 atom stereocenters. The first kappa shape index (κ1) is 20.1. The van der Waals surface area contributed by atoms with E-state index in [0.717, 1.165) is 5.56 Å². The van der Waals surface area contributed by atoms with Gasteiger partial charge in [-0.15, -0.1) is 0 Å². The fraction of sp³-hybridized carbons (Fsp3) is 0.412. The van der Waals surface area contributed by atoms with Crippen molar-refractivity contribution in [1.82, 2.24) is 14.1 Å². The number of benzene rings is 1. The molecule has 146 valence electrons. The summed E-state index contributed by atoms with van der Waals surface area (Å²) < 4.78 is 26.1. The van der Waals surface area contributed by atoms with Gasteiger partial charge in [-0.05, 0) is 24.5 Å². The van der Waals surface area contributed by atoms with Gasteiger partial charge in [0.25, 0.3) is 0 Å². The van der Waals surface area contributed by atoms with E-state index in [2.05, 4.69) is 10.4 Å². The van der Waals surface area contributed by atoms with Gasteiger partial charge in [-0.1, -0.05) is 41.4 Å². The smallest absolute Gasteiger partial charge is 0.228 e. The molecular weight excluding hydrogens is 411 g/mol. The first-order valence-corrected chi connectivity index (χ1v) is 11.1. The van der Waals surface area contributed by atoms with Crippen LogP contribution in [0.3, 0.4) is 0 Å². The zero-order chi connectivity index (χ0) is 19.6. The Morgan fingerprint density at radius 3 is 2.52 bits per heavy atom. The van der Waals surface area contributed by atoms with Crippen molar-refractivity contribution in [3.8, 4) is 0 Å². The van der Waals surface area contributed by atoms with Gasteiger partial charge in [-0.2, -0.15) is 5.10 Å². The van der Waals surface area contributed by atoms with E-state index >= 15 is 0 Å². The number of amides is 1. The molecule has 27 heavy (non-hydrogen) atoms. The van der Waals surface area contributed by atoms with E-state index in [1.165, 1.54) is 10.6 Å². The Morgan fingerprint density at radius 1 is 1.22 bits per heavy atom. The van der Waals surface area contributed by atoms with Crippen LogP contribution < -0.4 is 5.32 Å². The van der Waals surface area contributed by atoms with Gasteiger partial charge in [0.1, 0.15) is 5.02 Å². The number of anilines is 1. The van der Waals surface area contributed by atoms with Crippen LogP contribution in [0.5, 0.6) is 0 Å². The summed E-state index contributed by atoms with van der Waals surface area (Å²) in [6, 6.07) is 7.43. The summed E-state index contributed by atoms with van der Waals surface area (Å²) in [6.45, 7) is 1.11. The predicted octanol–water partition coefficient (Wildman–Crippen LogP) is 2.85. The van der Waals surface area contributed by atoms with Crippen LogP contribution in [0.4, 0.5) is 5.82 Å². The van der Waals surface area contributed by atoms with Crippen molar-refractivity contribution in [2.75, 3.05) is 24.7 Å². The number of piperidine rings is 1. The third-order valence-electron chi connectivity index (χ3n) is 4.54. The van der Waals surface area contributed by atoms with Crippen LogP contribution in [-0.4, -0.2) is 47.8 Å². The van der Waals surface area contributed by atoms with Crippen molar-refractivity contribution < 1.29 is 13.2 Å². The van der Waals surface area contributed by atoms with Gasteiger partial charge in [0, 0.05) is 30.2 Å². The number of hydrogen-bond donors (Lipinski definition) is 1. The standard InChI is InChI=1S/C17H20Cl2N4O3S/c1-27(25,26)23-8-6-12(7-9-23)17(24)20-16-15(19)11-22(21-16)10-13-4-2-3-5-14(13)18/h2-5,11-12H,6-10H2,1H3,(H,20,21,24). The molecule has 1 aromatic heterocycles. The highest BCUT2D eigenvalue weighted by Gasteiger charge is 2.29. The van der Waals surface area contributed by atoms with E-state index < -0.39 is 10.0 Å². The molecular formula is C17H20Cl2N4O3S. The molecule has 1 fully saturated rings. The number of aromatic nitrogens is 2. The molecule has 1 aromatic carbocycles. The van der Waals surface area contributed by atoms with Crippen LogP contribution in [0.15, 0.2) is 30.5 Å². The monoisotopic (exact) mass is 430 g/mol. The highest BCUT2D eigenvalue weighted by molar-refractivity contribution is 7.88. The zero-order valence-corrected chi connectivity index (χ0v) is 17.1. The number of carbonyl (C=O) groups is 1. The molecule has 0 aliphatic carbocycles. The molecule has 0 unspecified atom stereocenters. The van der Waals surface area contributed by atoms with Gasteiger partial charge in [0.15, 0.2) is 5.82 Å². The number of sulfonamides is 1. The van der Waals surface area contributed by atoms with Crippen molar-refractivity contribution >= 4 is 45.0 Å². The third-order valence-corrected chi connectivity index (χ3v) is 6.49. The quantitative estimate of drug-likeness (QED) is 0.789. The fourth-order valence-electron chi connectivity index (χ4n) is 3.03. The van der Waals surface area contributed by atoms with E-state index in [9.17, 15) is 13.2 Å². The highest BCUT2D eigenvalue weighted by atomic mass is 35.5. The van der Waals surface area contributed by atoms with E-state index in [4.69, 9.17) is 23.2 Å². The second kappa shape index (κ2) is 8.18. The number of nitrogens with one attached hydrogen (secondary N) is 1. The van der Waals surface area contributed by atoms with Crippen LogP contribution >= 0.6 is 23.2 Å². The van der Waals surface area contributed by atoms with Gasteiger partial charge < -0.3 is 5.32 Å². The lowest BCUT2D eigenvalue weighted by molar-refractivity contribution is -0.120. The van der Waals surface area contributed by atoms with Crippen molar-refractivity contribution in [1.29, 1.82) is 0 Å². The molecule has 0 radical (unpaired) electrons. The van der Waals surface area contributed by atoms with Crippen LogP contribution in [0.1, 0.15) is 18.4 Å². The largest absolute Gasteiger partial charge is 0.308 e. The minimum atomic E-state index is -3.22. The predicted molar refractivity (Wildman–Crippen MR) is 106 cm³/mol. The lowest BCUT2D eigenvalue weighted by Gasteiger charge is -2.29. The second-order valence-corrected chi connectivity index (χ2v) is 9.34. The van der Waals surface area contributed by atoms with E-state index in [-0.39, 0.29) is 11.8 Å². The van der Waals surface area contributed by atoms with Gasteiger partial charge in [0.2, 0.25) is 15.9 Å². The Labute approximate surface area is 168 Å². The summed E-state index contributed by atoms with van der Waals surface area (Å²) in [5.41, 5.74) is 0.893. The van der Waals surface area contributed by atoms with Crippen molar-refractivity contribution in [2.45, 2.75) is 19.4 Å². The highest BCUT2D eigenvalue weighted by Crippen LogP contribution is 2.25. The lowest BCUT2D eigenvalue weighted by atomic mass is 9.97. The Balaban J connectivity index is 1.62. The molecule has 1 N–H and O–H groups in total. The van der Waals surface area contributed by atoms with Gasteiger partial charge in [0.05, 0.1) is 12.8 Å². The molecule has 1 saturated heterocycles. The molecule has 3 rings (SSSR count). The average Bonchev–Trinajstić information content (AvgIpc) is 2.95.